The van der Waals surface area contributed by atoms with E-state index >= 15 is 0 Å². The quantitative estimate of drug-likeness (QED) is 0.444. The SMILES string of the molecule is CC(CS(=O)(=O)O)OS(=O)(=O)C(F)(F)F. The Balaban J connectivity index is 4.65. The average molecular weight is 272 g/mol. The van der Waals surface area contributed by atoms with Crippen LogP contribution in [0.15, 0.2) is 0 Å². The summed E-state index contributed by atoms with van der Waals surface area (Å²) in [6.07, 6.45) is -1.83. The molecule has 0 heterocycles. The van der Waals surface area contributed by atoms with E-state index in [-0.39, 0.29) is 0 Å². The number of hydrogen-bond acceptors (Lipinski definition) is 5. The van der Waals surface area contributed by atoms with Gasteiger partial charge in [0.1, 0.15) is 5.75 Å². The predicted molar refractivity (Wildman–Crippen MR) is 41.9 cm³/mol. The van der Waals surface area contributed by atoms with E-state index in [1.165, 1.54) is 0 Å². The maximum Gasteiger partial charge on any atom is 0.523 e. The highest BCUT2D eigenvalue weighted by molar-refractivity contribution is 7.87. The molecule has 0 aliphatic rings. The van der Waals surface area contributed by atoms with Crippen LogP contribution in [0.4, 0.5) is 13.2 Å². The van der Waals surface area contributed by atoms with Gasteiger partial charge in [-0.15, -0.1) is 0 Å². The minimum atomic E-state index is -5.84. The van der Waals surface area contributed by atoms with Gasteiger partial charge in [0.2, 0.25) is 0 Å². The number of alkyl halides is 3. The van der Waals surface area contributed by atoms with Gasteiger partial charge in [0.25, 0.3) is 10.1 Å². The Morgan fingerprint density at radius 1 is 1.27 bits per heavy atom. The van der Waals surface area contributed by atoms with Crippen molar-refractivity contribution in [3.63, 3.8) is 0 Å². The fraction of sp³-hybridized carbons (Fsp3) is 1.00. The summed E-state index contributed by atoms with van der Waals surface area (Å²) in [6.45, 7) is 0.761. The minimum Gasteiger partial charge on any atom is -0.285 e. The molecule has 0 saturated carbocycles. The van der Waals surface area contributed by atoms with E-state index in [0.717, 1.165) is 6.92 Å². The molecular weight excluding hydrogens is 265 g/mol. The number of hydrogen-bond donors (Lipinski definition) is 1. The van der Waals surface area contributed by atoms with Crippen molar-refractivity contribution in [3.8, 4) is 0 Å². The van der Waals surface area contributed by atoms with Crippen molar-refractivity contribution in [2.45, 2.75) is 18.5 Å². The van der Waals surface area contributed by atoms with Crippen molar-refractivity contribution in [1.82, 2.24) is 0 Å². The van der Waals surface area contributed by atoms with Crippen LogP contribution in [0.5, 0.6) is 0 Å². The lowest BCUT2D eigenvalue weighted by atomic mass is 10.5. The standard InChI is InChI=1S/C4H7F3O6S2/c1-3(2-14(8,9)10)13-15(11,12)4(5,6)7/h3H,2H2,1H3,(H,8,9,10). The van der Waals surface area contributed by atoms with Gasteiger partial charge in [0, 0.05) is 0 Å². The smallest absolute Gasteiger partial charge is 0.285 e. The third-order valence-corrected chi connectivity index (χ3v) is 3.06. The van der Waals surface area contributed by atoms with E-state index in [1.54, 1.807) is 0 Å². The van der Waals surface area contributed by atoms with E-state index in [1.807, 2.05) is 0 Å². The molecule has 0 aromatic heterocycles. The van der Waals surface area contributed by atoms with E-state index < -0.39 is 37.6 Å². The minimum absolute atomic E-state index is 0.761. The topological polar surface area (TPSA) is 97.7 Å². The van der Waals surface area contributed by atoms with E-state index in [9.17, 15) is 30.0 Å². The fourth-order valence-corrected chi connectivity index (χ4v) is 1.95. The lowest BCUT2D eigenvalue weighted by molar-refractivity contribution is -0.0562. The van der Waals surface area contributed by atoms with Crippen LogP contribution in [-0.4, -0.2) is 38.8 Å². The van der Waals surface area contributed by atoms with Gasteiger partial charge in [-0.25, -0.2) is 0 Å². The summed E-state index contributed by atoms with van der Waals surface area (Å²) in [5.74, 6) is -1.25. The Morgan fingerprint density at radius 3 is 1.93 bits per heavy atom. The normalized spacial score (nSPS) is 16.3. The Hall–Kier alpha value is -0.390. The molecule has 0 fully saturated rings. The fourth-order valence-electron chi connectivity index (χ4n) is 0.595. The molecule has 0 saturated heterocycles. The van der Waals surface area contributed by atoms with Crippen molar-refractivity contribution in [2.75, 3.05) is 5.75 Å². The Kier molecular flexibility index (Phi) is 4.12. The third kappa shape index (κ3) is 5.30. The molecule has 11 heteroatoms. The van der Waals surface area contributed by atoms with Gasteiger partial charge in [0.05, 0.1) is 6.10 Å². The first-order valence-corrected chi connectivity index (χ1v) is 6.31. The Morgan fingerprint density at radius 2 is 1.67 bits per heavy atom. The first kappa shape index (κ1) is 14.6. The molecule has 1 unspecified atom stereocenters. The van der Waals surface area contributed by atoms with Gasteiger partial charge >= 0.3 is 15.6 Å². The number of rotatable bonds is 4. The van der Waals surface area contributed by atoms with Gasteiger partial charge in [0.15, 0.2) is 0 Å². The predicted octanol–water partition coefficient (Wildman–Crippen LogP) is 0.129. The third-order valence-electron chi connectivity index (χ3n) is 1.02. The van der Waals surface area contributed by atoms with Gasteiger partial charge in [-0.2, -0.15) is 30.0 Å². The van der Waals surface area contributed by atoms with Crippen LogP contribution in [-0.2, 0) is 24.4 Å². The molecule has 6 nitrogen and oxygen atoms in total. The highest BCUT2D eigenvalue weighted by Gasteiger charge is 2.48. The van der Waals surface area contributed by atoms with Crippen molar-refractivity contribution in [3.05, 3.63) is 0 Å². The second-order valence-electron chi connectivity index (χ2n) is 2.56. The molecule has 0 aliphatic carbocycles. The van der Waals surface area contributed by atoms with Gasteiger partial charge in [-0.3, -0.25) is 8.74 Å². The van der Waals surface area contributed by atoms with Crippen molar-refractivity contribution >= 4 is 20.2 Å². The first-order valence-electron chi connectivity index (χ1n) is 3.30. The average Bonchev–Trinajstić information content (AvgIpc) is 1.75. The van der Waals surface area contributed by atoms with Crippen LogP contribution in [0.1, 0.15) is 6.92 Å². The van der Waals surface area contributed by atoms with Crippen LogP contribution < -0.4 is 0 Å². The van der Waals surface area contributed by atoms with Gasteiger partial charge in [-0.05, 0) is 6.92 Å². The van der Waals surface area contributed by atoms with E-state index in [0.29, 0.717) is 0 Å². The van der Waals surface area contributed by atoms with Crippen LogP contribution in [0.3, 0.4) is 0 Å². The summed E-state index contributed by atoms with van der Waals surface area (Å²) in [6, 6.07) is 0. The molecule has 0 amide bonds. The maximum absolute atomic E-state index is 11.7. The molecule has 15 heavy (non-hydrogen) atoms. The summed E-state index contributed by atoms with van der Waals surface area (Å²) in [5, 5.41) is 0. The summed E-state index contributed by atoms with van der Waals surface area (Å²) in [4.78, 5) is 0. The zero-order valence-corrected chi connectivity index (χ0v) is 8.86. The summed E-state index contributed by atoms with van der Waals surface area (Å²) in [5.41, 5.74) is -5.62. The summed E-state index contributed by atoms with van der Waals surface area (Å²) < 4.78 is 87.8. The van der Waals surface area contributed by atoms with Crippen LogP contribution in [0, 0.1) is 0 Å². The summed E-state index contributed by atoms with van der Waals surface area (Å²) in [7, 11) is -10.4. The second-order valence-corrected chi connectivity index (χ2v) is 5.62. The molecule has 1 atom stereocenters. The monoisotopic (exact) mass is 272 g/mol. The molecule has 0 rings (SSSR count). The Bertz CT molecular complexity index is 406. The van der Waals surface area contributed by atoms with E-state index in [2.05, 4.69) is 4.18 Å². The molecule has 0 spiro atoms. The molecule has 0 aromatic rings. The molecular formula is C4H7F3O6S2. The van der Waals surface area contributed by atoms with Gasteiger partial charge < -0.3 is 0 Å². The van der Waals surface area contributed by atoms with Crippen LogP contribution in [0.2, 0.25) is 0 Å². The molecule has 1 N–H and O–H groups in total. The largest absolute Gasteiger partial charge is 0.523 e. The summed E-state index contributed by atoms with van der Waals surface area (Å²) >= 11 is 0. The second kappa shape index (κ2) is 4.23. The molecule has 0 aliphatic heterocycles. The zero-order chi connectivity index (χ0) is 12.5. The maximum atomic E-state index is 11.7. The van der Waals surface area contributed by atoms with Gasteiger partial charge in [-0.1, -0.05) is 0 Å². The Labute approximate surface area is 83.9 Å². The van der Waals surface area contributed by atoms with E-state index in [4.69, 9.17) is 4.55 Å². The molecule has 0 radical (unpaired) electrons. The lowest BCUT2D eigenvalue weighted by Gasteiger charge is -2.12. The van der Waals surface area contributed by atoms with Crippen molar-refractivity contribution in [2.24, 2.45) is 0 Å². The molecule has 0 aromatic carbocycles. The highest BCUT2D eigenvalue weighted by atomic mass is 32.2. The van der Waals surface area contributed by atoms with Crippen molar-refractivity contribution < 1.29 is 38.7 Å². The van der Waals surface area contributed by atoms with Crippen molar-refractivity contribution in [1.29, 1.82) is 0 Å². The van der Waals surface area contributed by atoms with Crippen LogP contribution in [0.25, 0.3) is 0 Å². The number of halogens is 3. The molecule has 92 valence electrons. The zero-order valence-electron chi connectivity index (χ0n) is 7.22. The van der Waals surface area contributed by atoms with Crippen LogP contribution >= 0.6 is 0 Å². The lowest BCUT2D eigenvalue weighted by Crippen LogP contribution is -2.32. The highest BCUT2D eigenvalue weighted by Crippen LogP contribution is 2.25. The molecule has 0 bridgehead atoms. The first-order chi connectivity index (χ1) is 6.35.